The van der Waals surface area contributed by atoms with Crippen molar-refractivity contribution >= 4 is 35.2 Å². The Balaban J connectivity index is 1.64. The summed E-state index contributed by atoms with van der Waals surface area (Å²) >= 11 is 0. The van der Waals surface area contributed by atoms with Gasteiger partial charge in [0.05, 0.1) is 13.6 Å². The highest BCUT2D eigenvalue weighted by Crippen LogP contribution is 2.40. The van der Waals surface area contributed by atoms with E-state index in [1.165, 1.54) is 43.8 Å². The first-order valence-electron chi connectivity index (χ1n) is 12.9. The summed E-state index contributed by atoms with van der Waals surface area (Å²) < 4.78 is 9.09. The molecule has 4 aromatic carbocycles. The molecule has 0 saturated carbocycles. The zero-order chi connectivity index (χ0) is 25.7. The number of hydrogen-bond donors (Lipinski definition) is 0. The van der Waals surface area contributed by atoms with Crippen LogP contribution in [0.2, 0.25) is 19.6 Å². The van der Waals surface area contributed by atoms with Crippen molar-refractivity contribution in [3.63, 3.8) is 0 Å². The predicted molar refractivity (Wildman–Crippen MR) is 159 cm³/mol. The van der Waals surface area contributed by atoms with Crippen LogP contribution in [0.15, 0.2) is 108 Å². The number of hydrogen-bond acceptors (Lipinski definition) is 1. The summed E-state index contributed by atoms with van der Waals surface area (Å²) in [6.07, 6.45) is 2.10. The normalized spacial score (nSPS) is 11.9. The minimum absolute atomic E-state index is 0.965. The molecule has 0 N–H and O–H groups in total. The van der Waals surface area contributed by atoms with E-state index in [4.69, 9.17) is 4.42 Å². The van der Waals surface area contributed by atoms with Gasteiger partial charge in [-0.2, -0.15) is 0 Å². The maximum Gasteiger partial charge on any atom is 0.216 e. The van der Waals surface area contributed by atoms with E-state index < -0.39 is 8.07 Å². The van der Waals surface area contributed by atoms with Gasteiger partial charge in [-0.1, -0.05) is 98.5 Å². The van der Waals surface area contributed by atoms with E-state index in [9.17, 15) is 0 Å². The molecule has 6 rings (SSSR count). The fraction of sp³-hybridized carbons (Fsp3) is 0.147. The summed E-state index contributed by atoms with van der Waals surface area (Å²) in [7, 11) is 0.431. The number of aryl methyl sites for hydroxylation is 2. The van der Waals surface area contributed by atoms with E-state index in [-0.39, 0.29) is 0 Å². The molecule has 2 heterocycles. The van der Waals surface area contributed by atoms with Crippen molar-refractivity contribution in [3.05, 3.63) is 109 Å². The molecular formula is C34H32NOSi+. The molecule has 2 nitrogen and oxygen atoms in total. The lowest BCUT2D eigenvalue weighted by atomic mass is 9.97. The second kappa shape index (κ2) is 8.86. The summed E-state index contributed by atoms with van der Waals surface area (Å²) in [5.41, 5.74) is 10.4. The van der Waals surface area contributed by atoms with Gasteiger partial charge in [0, 0.05) is 28.5 Å². The molecule has 0 aliphatic heterocycles. The van der Waals surface area contributed by atoms with Crippen molar-refractivity contribution in [2.75, 3.05) is 0 Å². The van der Waals surface area contributed by atoms with Crippen molar-refractivity contribution in [1.82, 2.24) is 0 Å². The molecule has 37 heavy (non-hydrogen) atoms. The number of fused-ring (bicyclic) bond motifs is 3. The first-order chi connectivity index (χ1) is 17.8. The predicted octanol–water partition coefficient (Wildman–Crippen LogP) is 8.27. The second-order valence-electron chi connectivity index (χ2n) is 11.0. The first-order valence-corrected chi connectivity index (χ1v) is 16.4. The van der Waals surface area contributed by atoms with Gasteiger partial charge in [0.2, 0.25) is 5.69 Å². The minimum Gasteiger partial charge on any atom is -0.455 e. The van der Waals surface area contributed by atoms with Crippen LogP contribution in [0.5, 0.6) is 0 Å². The van der Waals surface area contributed by atoms with E-state index in [1.54, 1.807) is 0 Å². The van der Waals surface area contributed by atoms with Gasteiger partial charge in [-0.15, -0.1) is 0 Å². The molecule has 0 spiro atoms. The number of rotatable bonds is 4. The van der Waals surface area contributed by atoms with Crippen LogP contribution in [0.1, 0.15) is 5.56 Å². The van der Waals surface area contributed by atoms with Gasteiger partial charge in [0.25, 0.3) is 0 Å². The van der Waals surface area contributed by atoms with Gasteiger partial charge < -0.3 is 4.42 Å². The summed E-state index contributed by atoms with van der Waals surface area (Å²) in [6, 6.07) is 35.0. The highest BCUT2D eigenvalue weighted by molar-refractivity contribution is 6.90. The average Bonchev–Trinajstić information content (AvgIpc) is 3.27. The fourth-order valence-electron chi connectivity index (χ4n) is 5.47. The molecule has 0 fully saturated rings. The van der Waals surface area contributed by atoms with Crippen molar-refractivity contribution in [1.29, 1.82) is 0 Å². The SMILES string of the molecule is Cc1ccc2c(oc3c(-c4ccc(-c5ccccc5)cc4)c([Si](C)(C)C)ccc32)c1-c1cccc[n+]1C. The molecule has 0 unspecified atom stereocenters. The third-order valence-corrected chi connectivity index (χ3v) is 9.45. The van der Waals surface area contributed by atoms with Gasteiger partial charge in [-0.3, -0.25) is 0 Å². The molecule has 0 aliphatic rings. The van der Waals surface area contributed by atoms with Gasteiger partial charge in [0.1, 0.15) is 18.2 Å². The molecular weight excluding hydrogens is 466 g/mol. The number of furan rings is 1. The molecule has 0 amide bonds. The number of pyridine rings is 1. The smallest absolute Gasteiger partial charge is 0.216 e. The quantitative estimate of drug-likeness (QED) is 0.177. The molecule has 182 valence electrons. The third kappa shape index (κ3) is 4.00. The Bertz CT molecular complexity index is 1760. The van der Waals surface area contributed by atoms with Crippen LogP contribution in [0.25, 0.3) is 55.4 Å². The number of aromatic nitrogens is 1. The zero-order valence-corrected chi connectivity index (χ0v) is 23.2. The summed E-state index contributed by atoms with van der Waals surface area (Å²) in [5.74, 6) is 0. The average molecular weight is 499 g/mol. The Morgan fingerprint density at radius 3 is 1.86 bits per heavy atom. The first kappa shape index (κ1) is 23.4. The Labute approximate surface area is 219 Å². The van der Waals surface area contributed by atoms with Crippen molar-refractivity contribution in [2.45, 2.75) is 26.6 Å². The minimum atomic E-state index is -1.67. The van der Waals surface area contributed by atoms with Crippen molar-refractivity contribution in [2.24, 2.45) is 7.05 Å². The molecule has 0 aliphatic carbocycles. The number of nitrogens with zero attached hydrogens (tertiary/aromatic N) is 1. The van der Waals surface area contributed by atoms with Gasteiger partial charge in [0.15, 0.2) is 6.20 Å². The monoisotopic (exact) mass is 498 g/mol. The van der Waals surface area contributed by atoms with E-state index in [0.29, 0.717) is 0 Å². The van der Waals surface area contributed by atoms with Crippen LogP contribution >= 0.6 is 0 Å². The molecule has 0 radical (unpaired) electrons. The molecule has 0 bridgehead atoms. The molecule has 0 atom stereocenters. The maximum atomic E-state index is 6.92. The summed E-state index contributed by atoms with van der Waals surface area (Å²) in [5, 5.41) is 3.78. The third-order valence-electron chi connectivity index (χ3n) is 7.42. The fourth-order valence-corrected chi connectivity index (χ4v) is 7.07. The summed E-state index contributed by atoms with van der Waals surface area (Å²) in [4.78, 5) is 0. The Morgan fingerprint density at radius 1 is 0.595 bits per heavy atom. The highest BCUT2D eigenvalue weighted by Gasteiger charge is 2.27. The van der Waals surface area contributed by atoms with Crippen molar-refractivity contribution in [3.8, 4) is 33.5 Å². The second-order valence-corrected chi connectivity index (χ2v) is 16.0. The van der Waals surface area contributed by atoms with Crippen LogP contribution in [-0.4, -0.2) is 8.07 Å². The molecule has 6 aromatic rings. The van der Waals surface area contributed by atoms with Crippen LogP contribution in [0.4, 0.5) is 0 Å². The molecule has 0 saturated heterocycles. The van der Waals surface area contributed by atoms with Gasteiger partial charge in [-0.05, 0) is 40.4 Å². The molecule has 2 aromatic heterocycles. The Hall–Kier alpha value is -3.95. The van der Waals surface area contributed by atoms with Crippen LogP contribution < -0.4 is 9.75 Å². The Kier molecular flexibility index (Phi) is 5.61. The lowest BCUT2D eigenvalue weighted by Gasteiger charge is -2.21. The van der Waals surface area contributed by atoms with Crippen LogP contribution in [0, 0.1) is 6.92 Å². The highest BCUT2D eigenvalue weighted by atomic mass is 28.3. The Morgan fingerprint density at radius 2 is 1.19 bits per heavy atom. The van der Waals surface area contributed by atoms with E-state index in [1.807, 2.05) is 0 Å². The van der Waals surface area contributed by atoms with Crippen LogP contribution in [0.3, 0.4) is 0 Å². The number of benzene rings is 4. The van der Waals surface area contributed by atoms with Gasteiger partial charge in [-0.25, -0.2) is 4.57 Å². The van der Waals surface area contributed by atoms with Crippen LogP contribution in [-0.2, 0) is 7.05 Å². The van der Waals surface area contributed by atoms with Gasteiger partial charge >= 0.3 is 0 Å². The van der Waals surface area contributed by atoms with Crippen molar-refractivity contribution < 1.29 is 8.98 Å². The maximum absolute atomic E-state index is 6.92. The zero-order valence-electron chi connectivity index (χ0n) is 22.2. The van der Waals surface area contributed by atoms with E-state index >= 15 is 0 Å². The van der Waals surface area contributed by atoms with E-state index in [2.05, 4.69) is 141 Å². The van der Waals surface area contributed by atoms with E-state index in [0.717, 1.165) is 22.4 Å². The largest absolute Gasteiger partial charge is 0.455 e. The topological polar surface area (TPSA) is 17.0 Å². The lowest BCUT2D eigenvalue weighted by Crippen LogP contribution is -2.39. The lowest BCUT2D eigenvalue weighted by molar-refractivity contribution is -0.660. The molecule has 3 heteroatoms. The summed E-state index contributed by atoms with van der Waals surface area (Å²) in [6.45, 7) is 9.42. The standard InChI is InChI=1S/C34H32NOSi/c1-23-14-19-27-28-20-21-30(37(3,4)5)32(26-17-15-25(16-18-26)24-11-7-6-8-12-24)34(28)36-33(27)31(23)29-13-9-10-22-35(29)2/h6-22H,1-5H3/q+1.